The van der Waals surface area contributed by atoms with Gasteiger partial charge in [0.25, 0.3) is 0 Å². The van der Waals surface area contributed by atoms with Gasteiger partial charge in [-0.15, -0.1) is 0 Å². The zero-order chi connectivity index (χ0) is 14.7. The van der Waals surface area contributed by atoms with Gasteiger partial charge in [0.2, 0.25) is 5.91 Å². The van der Waals surface area contributed by atoms with Crippen molar-refractivity contribution in [1.29, 1.82) is 0 Å². The highest BCUT2D eigenvalue weighted by Crippen LogP contribution is 2.17. The maximum atomic E-state index is 12.4. The van der Waals surface area contributed by atoms with Crippen molar-refractivity contribution in [3.05, 3.63) is 64.7 Å². The summed E-state index contributed by atoms with van der Waals surface area (Å²) in [5.74, 6) is 0.115. The highest BCUT2D eigenvalue weighted by molar-refractivity contribution is 5.94. The first-order valence-electron chi connectivity index (χ1n) is 6.87. The molecular formula is C18H21NO. The fourth-order valence-electron chi connectivity index (χ4n) is 2.25. The van der Waals surface area contributed by atoms with E-state index in [1.807, 2.05) is 38.2 Å². The molecule has 0 spiro atoms. The molecule has 0 saturated heterocycles. The van der Waals surface area contributed by atoms with Crippen LogP contribution in [0.3, 0.4) is 0 Å². The molecule has 0 aliphatic carbocycles. The quantitative estimate of drug-likeness (QED) is 0.828. The van der Waals surface area contributed by atoms with Gasteiger partial charge in [0, 0.05) is 12.7 Å². The summed E-state index contributed by atoms with van der Waals surface area (Å²) in [6.45, 7) is 6.14. The fourth-order valence-corrected chi connectivity index (χ4v) is 2.25. The Balaban J connectivity index is 2.17. The van der Waals surface area contributed by atoms with Gasteiger partial charge in [-0.25, -0.2) is 0 Å². The molecule has 0 aliphatic rings. The van der Waals surface area contributed by atoms with Crippen LogP contribution < -0.4 is 4.90 Å². The molecule has 0 N–H and O–H groups in total. The first-order chi connectivity index (χ1) is 9.47. The molecule has 2 rings (SSSR count). The second-order valence-electron chi connectivity index (χ2n) is 5.40. The van der Waals surface area contributed by atoms with Crippen LogP contribution >= 0.6 is 0 Å². The van der Waals surface area contributed by atoms with Crippen molar-refractivity contribution >= 4 is 11.6 Å². The van der Waals surface area contributed by atoms with Crippen LogP contribution in [0.25, 0.3) is 0 Å². The molecule has 0 atom stereocenters. The van der Waals surface area contributed by atoms with Crippen LogP contribution in [0.2, 0.25) is 0 Å². The molecule has 2 nitrogen and oxygen atoms in total. The van der Waals surface area contributed by atoms with Crippen LogP contribution in [-0.2, 0) is 11.2 Å². The third kappa shape index (κ3) is 3.27. The smallest absolute Gasteiger partial charge is 0.231 e. The Morgan fingerprint density at radius 1 is 1.00 bits per heavy atom. The van der Waals surface area contributed by atoms with Crippen molar-refractivity contribution < 1.29 is 4.79 Å². The second kappa shape index (κ2) is 5.91. The number of carbonyl (C=O) groups excluding carboxylic acids is 1. The highest BCUT2D eigenvalue weighted by Gasteiger charge is 2.13. The Labute approximate surface area is 121 Å². The first kappa shape index (κ1) is 14.3. The number of hydrogen-bond donors (Lipinski definition) is 0. The predicted octanol–water partition coefficient (Wildman–Crippen LogP) is 3.82. The van der Waals surface area contributed by atoms with Gasteiger partial charge < -0.3 is 4.90 Å². The SMILES string of the molecule is Cc1cccc(N(C)C(=O)Cc2cc(C)ccc2C)c1. The van der Waals surface area contributed by atoms with Crippen molar-refractivity contribution in [3.63, 3.8) is 0 Å². The highest BCUT2D eigenvalue weighted by atomic mass is 16.2. The average molecular weight is 267 g/mol. The molecule has 0 radical (unpaired) electrons. The summed E-state index contributed by atoms with van der Waals surface area (Å²) in [5.41, 5.74) is 5.57. The standard InChI is InChI=1S/C18H21NO/c1-13-6-5-7-17(11-13)19(4)18(20)12-16-10-14(2)8-9-15(16)3/h5-11H,12H2,1-4H3. The van der Waals surface area contributed by atoms with Gasteiger partial charge in [0.15, 0.2) is 0 Å². The topological polar surface area (TPSA) is 20.3 Å². The van der Waals surface area contributed by atoms with Gasteiger partial charge >= 0.3 is 0 Å². The molecule has 0 aliphatic heterocycles. The minimum atomic E-state index is 0.115. The second-order valence-corrected chi connectivity index (χ2v) is 5.40. The zero-order valence-electron chi connectivity index (χ0n) is 12.6. The third-order valence-corrected chi connectivity index (χ3v) is 3.61. The van der Waals surface area contributed by atoms with Crippen molar-refractivity contribution in [2.45, 2.75) is 27.2 Å². The van der Waals surface area contributed by atoms with E-state index in [0.29, 0.717) is 6.42 Å². The van der Waals surface area contributed by atoms with Gasteiger partial charge in [0.1, 0.15) is 0 Å². The van der Waals surface area contributed by atoms with Crippen LogP contribution in [0.4, 0.5) is 5.69 Å². The Hall–Kier alpha value is -2.09. The van der Waals surface area contributed by atoms with Gasteiger partial charge in [-0.1, -0.05) is 35.9 Å². The molecule has 20 heavy (non-hydrogen) atoms. The molecule has 2 aromatic carbocycles. The lowest BCUT2D eigenvalue weighted by Crippen LogP contribution is -2.28. The number of amides is 1. The number of likely N-dealkylation sites (N-methyl/N-ethyl adjacent to an activating group) is 1. The monoisotopic (exact) mass is 267 g/mol. The number of anilines is 1. The molecule has 0 fully saturated rings. The van der Waals surface area contributed by atoms with E-state index in [1.165, 1.54) is 11.1 Å². The van der Waals surface area contributed by atoms with E-state index in [0.717, 1.165) is 16.8 Å². The summed E-state index contributed by atoms with van der Waals surface area (Å²) in [6.07, 6.45) is 0.442. The van der Waals surface area contributed by atoms with Crippen molar-refractivity contribution in [3.8, 4) is 0 Å². The van der Waals surface area contributed by atoms with E-state index >= 15 is 0 Å². The Kier molecular flexibility index (Phi) is 4.23. The molecular weight excluding hydrogens is 246 g/mol. The molecule has 1 amide bonds. The molecule has 0 aromatic heterocycles. The Bertz CT molecular complexity index is 631. The van der Waals surface area contributed by atoms with Gasteiger partial charge in [-0.3, -0.25) is 4.79 Å². The van der Waals surface area contributed by atoms with Gasteiger partial charge in [0.05, 0.1) is 6.42 Å². The summed E-state index contributed by atoms with van der Waals surface area (Å²) >= 11 is 0. The van der Waals surface area contributed by atoms with Crippen LogP contribution in [0, 0.1) is 20.8 Å². The average Bonchev–Trinajstić information content (AvgIpc) is 2.42. The molecule has 104 valence electrons. The summed E-state index contributed by atoms with van der Waals surface area (Å²) in [5, 5.41) is 0. The third-order valence-electron chi connectivity index (χ3n) is 3.61. The number of hydrogen-bond acceptors (Lipinski definition) is 1. The number of aryl methyl sites for hydroxylation is 3. The van der Waals surface area contributed by atoms with E-state index in [1.54, 1.807) is 4.90 Å². The Morgan fingerprint density at radius 2 is 1.70 bits per heavy atom. The molecule has 2 aromatic rings. The van der Waals surface area contributed by atoms with E-state index in [9.17, 15) is 4.79 Å². The van der Waals surface area contributed by atoms with Crippen LogP contribution in [0.5, 0.6) is 0 Å². The minimum Gasteiger partial charge on any atom is -0.315 e. The number of nitrogens with zero attached hydrogens (tertiary/aromatic N) is 1. The summed E-state index contributed by atoms with van der Waals surface area (Å²) in [7, 11) is 1.84. The number of rotatable bonds is 3. The maximum Gasteiger partial charge on any atom is 0.231 e. The first-order valence-corrected chi connectivity index (χ1v) is 6.87. The molecule has 2 heteroatoms. The van der Waals surface area contributed by atoms with E-state index in [-0.39, 0.29) is 5.91 Å². The fraction of sp³-hybridized carbons (Fsp3) is 0.278. The van der Waals surface area contributed by atoms with Crippen LogP contribution in [0.15, 0.2) is 42.5 Å². The zero-order valence-corrected chi connectivity index (χ0v) is 12.6. The van der Waals surface area contributed by atoms with Gasteiger partial charge in [-0.05, 0) is 49.6 Å². The lowest BCUT2D eigenvalue weighted by molar-refractivity contribution is -0.117. The van der Waals surface area contributed by atoms with E-state index in [4.69, 9.17) is 0 Å². The number of carbonyl (C=O) groups is 1. The lowest BCUT2D eigenvalue weighted by Gasteiger charge is -2.18. The largest absolute Gasteiger partial charge is 0.315 e. The van der Waals surface area contributed by atoms with E-state index < -0.39 is 0 Å². The van der Waals surface area contributed by atoms with Crippen molar-refractivity contribution in [2.75, 3.05) is 11.9 Å². The van der Waals surface area contributed by atoms with Gasteiger partial charge in [-0.2, -0.15) is 0 Å². The van der Waals surface area contributed by atoms with E-state index in [2.05, 4.69) is 32.0 Å². The lowest BCUT2D eigenvalue weighted by atomic mass is 10.0. The Morgan fingerprint density at radius 3 is 2.40 bits per heavy atom. The predicted molar refractivity (Wildman–Crippen MR) is 84.2 cm³/mol. The number of benzene rings is 2. The summed E-state index contributed by atoms with van der Waals surface area (Å²) in [6, 6.07) is 14.3. The normalized spacial score (nSPS) is 10.4. The van der Waals surface area contributed by atoms with Crippen LogP contribution in [-0.4, -0.2) is 13.0 Å². The molecule has 0 bridgehead atoms. The van der Waals surface area contributed by atoms with Crippen LogP contribution in [0.1, 0.15) is 22.3 Å². The molecule has 0 unspecified atom stereocenters. The van der Waals surface area contributed by atoms with Crippen molar-refractivity contribution in [1.82, 2.24) is 0 Å². The molecule has 0 heterocycles. The summed E-state index contributed by atoms with van der Waals surface area (Å²) in [4.78, 5) is 14.1. The maximum absolute atomic E-state index is 12.4. The minimum absolute atomic E-state index is 0.115. The van der Waals surface area contributed by atoms with Crippen molar-refractivity contribution in [2.24, 2.45) is 0 Å². The summed E-state index contributed by atoms with van der Waals surface area (Å²) < 4.78 is 0. The molecule has 0 saturated carbocycles.